The van der Waals surface area contributed by atoms with E-state index < -0.39 is 0 Å². The van der Waals surface area contributed by atoms with Crippen molar-refractivity contribution in [2.24, 2.45) is 5.92 Å². The number of hydrogen-bond acceptors (Lipinski definition) is 3. The Morgan fingerprint density at radius 1 is 1.33 bits per heavy atom. The molecule has 0 saturated carbocycles. The van der Waals surface area contributed by atoms with Crippen LogP contribution < -0.4 is 10.1 Å². The second kappa shape index (κ2) is 8.92. The van der Waals surface area contributed by atoms with Gasteiger partial charge in [0.15, 0.2) is 0 Å². The van der Waals surface area contributed by atoms with Crippen LogP contribution in [0.15, 0.2) is 18.3 Å². The van der Waals surface area contributed by atoms with Crippen LogP contribution in [-0.2, 0) is 6.54 Å². The van der Waals surface area contributed by atoms with Gasteiger partial charge in [-0.3, -0.25) is 0 Å². The van der Waals surface area contributed by atoms with Crippen LogP contribution in [0.1, 0.15) is 45.6 Å². The molecule has 18 heavy (non-hydrogen) atoms. The number of nitrogens with one attached hydrogen (secondary N) is 1. The zero-order valence-electron chi connectivity index (χ0n) is 11.9. The Morgan fingerprint density at radius 2 is 2.17 bits per heavy atom. The molecule has 1 aromatic rings. The lowest BCUT2D eigenvalue weighted by Crippen LogP contribution is -2.13. The number of ether oxygens (including phenoxy) is 1. The molecule has 3 heteroatoms. The predicted octanol–water partition coefficient (Wildman–Crippen LogP) is 3.40. The molecular formula is C15H26N2O. The molecule has 0 spiro atoms. The first-order valence-corrected chi connectivity index (χ1v) is 7.00. The van der Waals surface area contributed by atoms with Gasteiger partial charge in [0.25, 0.3) is 0 Å². The van der Waals surface area contributed by atoms with E-state index in [1.54, 1.807) is 0 Å². The van der Waals surface area contributed by atoms with Gasteiger partial charge in [0, 0.05) is 18.8 Å². The molecule has 3 nitrogen and oxygen atoms in total. The average Bonchev–Trinajstić information content (AvgIpc) is 2.36. The summed E-state index contributed by atoms with van der Waals surface area (Å²) >= 11 is 0. The van der Waals surface area contributed by atoms with Crippen LogP contribution in [0.25, 0.3) is 0 Å². The average molecular weight is 250 g/mol. The summed E-state index contributed by atoms with van der Waals surface area (Å²) in [5.41, 5.74) is 1.21. The van der Waals surface area contributed by atoms with Crippen molar-refractivity contribution in [3.05, 3.63) is 23.9 Å². The van der Waals surface area contributed by atoms with Gasteiger partial charge < -0.3 is 10.1 Å². The van der Waals surface area contributed by atoms with Crippen LogP contribution >= 0.6 is 0 Å². The van der Waals surface area contributed by atoms with E-state index in [-0.39, 0.29) is 0 Å². The summed E-state index contributed by atoms with van der Waals surface area (Å²) in [6, 6.07) is 4.03. The second-order valence-electron chi connectivity index (χ2n) is 5.07. The summed E-state index contributed by atoms with van der Waals surface area (Å²) in [6.45, 7) is 9.33. The van der Waals surface area contributed by atoms with Crippen LogP contribution in [-0.4, -0.2) is 18.1 Å². The highest BCUT2D eigenvalue weighted by atomic mass is 16.5. The highest BCUT2D eigenvalue weighted by Gasteiger charge is 1.98. The first-order valence-electron chi connectivity index (χ1n) is 7.00. The Morgan fingerprint density at radius 3 is 2.78 bits per heavy atom. The van der Waals surface area contributed by atoms with Gasteiger partial charge in [0.05, 0.1) is 6.61 Å². The van der Waals surface area contributed by atoms with E-state index in [0.717, 1.165) is 44.3 Å². The Kier molecular flexibility index (Phi) is 7.42. The first kappa shape index (κ1) is 15.0. The summed E-state index contributed by atoms with van der Waals surface area (Å²) in [5.74, 6) is 1.48. The molecular weight excluding hydrogens is 224 g/mol. The fourth-order valence-electron chi connectivity index (χ4n) is 1.68. The quantitative estimate of drug-likeness (QED) is 0.682. The smallest absolute Gasteiger partial charge is 0.213 e. The molecule has 0 saturated heterocycles. The molecule has 0 amide bonds. The van der Waals surface area contributed by atoms with Crippen molar-refractivity contribution in [2.45, 2.75) is 46.6 Å². The van der Waals surface area contributed by atoms with Crippen LogP contribution in [0, 0.1) is 5.92 Å². The van der Waals surface area contributed by atoms with Crippen molar-refractivity contribution in [1.29, 1.82) is 0 Å². The third kappa shape index (κ3) is 6.60. The van der Waals surface area contributed by atoms with E-state index >= 15 is 0 Å². The number of aromatic nitrogens is 1. The second-order valence-corrected chi connectivity index (χ2v) is 5.07. The molecule has 1 N–H and O–H groups in total. The SMILES string of the molecule is CCCNCc1ccc(OCCCC(C)C)nc1. The van der Waals surface area contributed by atoms with E-state index in [1.165, 1.54) is 12.0 Å². The highest BCUT2D eigenvalue weighted by Crippen LogP contribution is 2.09. The third-order valence-corrected chi connectivity index (χ3v) is 2.73. The van der Waals surface area contributed by atoms with Crippen LogP contribution in [0.2, 0.25) is 0 Å². The Bertz CT molecular complexity index is 309. The van der Waals surface area contributed by atoms with E-state index in [2.05, 4.69) is 37.1 Å². The Balaban J connectivity index is 2.23. The standard InChI is InChI=1S/C15H26N2O/c1-4-9-16-11-14-7-8-15(17-12-14)18-10-5-6-13(2)3/h7-8,12-13,16H,4-6,9-11H2,1-3H3. The summed E-state index contributed by atoms with van der Waals surface area (Å²) in [5, 5.41) is 3.35. The maximum absolute atomic E-state index is 5.61. The lowest BCUT2D eigenvalue weighted by Gasteiger charge is -2.08. The highest BCUT2D eigenvalue weighted by molar-refractivity contribution is 5.17. The fourth-order valence-corrected chi connectivity index (χ4v) is 1.68. The Hall–Kier alpha value is -1.09. The molecule has 0 aromatic carbocycles. The lowest BCUT2D eigenvalue weighted by molar-refractivity contribution is 0.287. The molecule has 0 fully saturated rings. The van der Waals surface area contributed by atoms with Crippen LogP contribution in [0.5, 0.6) is 5.88 Å². The van der Waals surface area contributed by atoms with Crippen molar-refractivity contribution in [3.8, 4) is 5.88 Å². The summed E-state index contributed by atoms with van der Waals surface area (Å²) in [4.78, 5) is 4.31. The van der Waals surface area contributed by atoms with E-state index in [1.807, 2.05) is 12.3 Å². The largest absolute Gasteiger partial charge is 0.478 e. The maximum atomic E-state index is 5.61. The molecule has 0 aliphatic carbocycles. The zero-order chi connectivity index (χ0) is 13.2. The third-order valence-electron chi connectivity index (χ3n) is 2.73. The molecule has 0 aliphatic rings. The van der Waals surface area contributed by atoms with Crippen LogP contribution in [0.4, 0.5) is 0 Å². The topological polar surface area (TPSA) is 34.1 Å². The van der Waals surface area contributed by atoms with Gasteiger partial charge >= 0.3 is 0 Å². The monoisotopic (exact) mass is 250 g/mol. The molecule has 0 atom stereocenters. The van der Waals surface area contributed by atoms with E-state index in [0.29, 0.717) is 0 Å². The Labute approximate surface area is 111 Å². The number of hydrogen-bond donors (Lipinski definition) is 1. The normalized spacial score (nSPS) is 10.9. The molecule has 0 bridgehead atoms. The maximum Gasteiger partial charge on any atom is 0.213 e. The fraction of sp³-hybridized carbons (Fsp3) is 0.667. The van der Waals surface area contributed by atoms with Crippen molar-refractivity contribution in [1.82, 2.24) is 10.3 Å². The summed E-state index contributed by atoms with van der Waals surface area (Å²) in [6.07, 6.45) is 5.35. The van der Waals surface area contributed by atoms with E-state index in [9.17, 15) is 0 Å². The van der Waals surface area contributed by atoms with Gasteiger partial charge in [0.2, 0.25) is 5.88 Å². The van der Waals surface area contributed by atoms with Gasteiger partial charge in [-0.1, -0.05) is 26.8 Å². The number of rotatable bonds is 9. The van der Waals surface area contributed by atoms with Crippen LogP contribution in [0.3, 0.4) is 0 Å². The zero-order valence-corrected chi connectivity index (χ0v) is 11.9. The molecule has 0 radical (unpaired) electrons. The molecule has 1 aromatic heterocycles. The number of nitrogens with zero attached hydrogens (tertiary/aromatic N) is 1. The molecule has 1 rings (SSSR count). The van der Waals surface area contributed by atoms with Crippen molar-refractivity contribution in [3.63, 3.8) is 0 Å². The first-order chi connectivity index (χ1) is 8.72. The van der Waals surface area contributed by atoms with Gasteiger partial charge in [-0.05, 0) is 37.3 Å². The van der Waals surface area contributed by atoms with Crippen molar-refractivity contribution >= 4 is 0 Å². The van der Waals surface area contributed by atoms with Gasteiger partial charge in [-0.25, -0.2) is 4.98 Å². The molecule has 1 heterocycles. The predicted molar refractivity (Wildman–Crippen MR) is 75.8 cm³/mol. The molecule has 0 aliphatic heterocycles. The number of pyridine rings is 1. The van der Waals surface area contributed by atoms with Gasteiger partial charge in [-0.15, -0.1) is 0 Å². The minimum Gasteiger partial charge on any atom is -0.478 e. The molecule has 0 unspecified atom stereocenters. The van der Waals surface area contributed by atoms with Gasteiger partial charge in [0.1, 0.15) is 0 Å². The van der Waals surface area contributed by atoms with E-state index in [4.69, 9.17) is 4.74 Å². The summed E-state index contributed by atoms with van der Waals surface area (Å²) < 4.78 is 5.61. The minimum absolute atomic E-state index is 0.734. The summed E-state index contributed by atoms with van der Waals surface area (Å²) in [7, 11) is 0. The van der Waals surface area contributed by atoms with Crippen molar-refractivity contribution in [2.75, 3.05) is 13.2 Å². The minimum atomic E-state index is 0.734. The van der Waals surface area contributed by atoms with Crippen molar-refractivity contribution < 1.29 is 4.74 Å². The molecule has 102 valence electrons. The lowest BCUT2D eigenvalue weighted by atomic mass is 10.1. The van der Waals surface area contributed by atoms with Gasteiger partial charge in [-0.2, -0.15) is 0 Å².